The number of allylic oxidation sites excluding steroid dienone is 2. The van der Waals surface area contributed by atoms with Crippen molar-refractivity contribution in [3.8, 4) is 5.75 Å². The Kier molecular flexibility index (Phi) is 6.29. The first kappa shape index (κ1) is 28.5. The van der Waals surface area contributed by atoms with Gasteiger partial charge in [0, 0.05) is 26.9 Å². The van der Waals surface area contributed by atoms with Crippen molar-refractivity contribution in [2.75, 3.05) is 4.90 Å². The highest BCUT2D eigenvalue weighted by atomic mass is 32.2. The first-order valence-electron chi connectivity index (χ1n) is 16.7. The zero-order chi connectivity index (χ0) is 31.4. The highest BCUT2D eigenvalue weighted by Crippen LogP contribution is 2.45. The molecule has 0 bridgehead atoms. The van der Waals surface area contributed by atoms with E-state index in [-0.39, 0.29) is 6.71 Å². The standard InChI is InChI=1S/C40H38BNOSSi2/c1-26-22-35-40-39(23-26)46(4,29-12-6-5-7-13-29)36-21-19-28(43)25-31(36)41(40)30-20-18-27(24-34(30)44-35)42-32-14-8-10-16-37(32)45(2,3)38-17-11-9-15-33(38)42/h5-8,10,12-14,16,18-25,43H,9,11,15,17H2,1-4H3. The van der Waals surface area contributed by atoms with Crippen LogP contribution in [-0.2, 0) is 0 Å². The van der Waals surface area contributed by atoms with E-state index in [0.717, 1.165) is 6.42 Å². The van der Waals surface area contributed by atoms with E-state index < -0.39 is 16.1 Å². The molecule has 2 nitrogen and oxygen atoms in total. The van der Waals surface area contributed by atoms with Crippen molar-refractivity contribution in [2.45, 2.75) is 62.0 Å². The van der Waals surface area contributed by atoms with Crippen LogP contribution in [0.2, 0.25) is 19.6 Å². The zero-order valence-corrected chi connectivity index (χ0v) is 29.8. The maximum absolute atomic E-state index is 10.9. The fourth-order valence-electron chi connectivity index (χ4n) is 9.23. The average molecular weight is 648 g/mol. The van der Waals surface area contributed by atoms with Crippen molar-refractivity contribution in [3.63, 3.8) is 0 Å². The first-order chi connectivity index (χ1) is 22.3. The maximum atomic E-state index is 10.9. The Hall–Kier alpha value is -3.71. The van der Waals surface area contributed by atoms with Gasteiger partial charge in [-0.2, -0.15) is 0 Å². The van der Waals surface area contributed by atoms with Gasteiger partial charge in [0.15, 0.2) is 0 Å². The molecule has 0 spiro atoms. The van der Waals surface area contributed by atoms with Crippen LogP contribution in [0.5, 0.6) is 5.75 Å². The van der Waals surface area contributed by atoms with Gasteiger partial charge < -0.3 is 10.0 Å². The normalized spacial score (nSPS) is 20.3. The van der Waals surface area contributed by atoms with Gasteiger partial charge in [0.05, 0.1) is 0 Å². The van der Waals surface area contributed by atoms with Gasteiger partial charge in [0.1, 0.15) is 21.9 Å². The van der Waals surface area contributed by atoms with Crippen LogP contribution in [0.1, 0.15) is 31.2 Å². The lowest BCUT2D eigenvalue weighted by Gasteiger charge is -2.45. The van der Waals surface area contributed by atoms with E-state index >= 15 is 0 Å². The Morgan fingerprint density at radius 2 is 1.50 bits per heavy atom. The topological polar surface area (TPSA) is 23.5 Å². The number of hydrogen-bond acceptors (Lipinski definition) is 3. The number of anilines is 2. The third-order valence-corrected chi connectivity index (χ3v) is 20.9. The second kappa shape index (κ2) is 10.1. The van der Waals surface area contributed by atoms with Crippen LogP contribution in [0.15, 0.2) is 124 Å². The number of aromatic hydroxyl groups is 1. The summed E-state index contributed by atoms with van der Waals surface area (Å²) in [5, 5.41) is 18.6. The van der Waals surface area contributed by atoms with Crippen LogP contribution in [-0.4, -0.2) is 28.0 Å². The van der Waals surface area contributed by atoms with Gasteiger partial charge >= 0.3 is 0 Å². The largest absolute Gasteiger partial charge is 0.508 e. The summed E-state index contributed by atoms with van der Waals surface area (Å²) in [5.41, 5.74) is 9.66. The minimum absolute atomic E-state index is 0.103. The number of hydrogen-bond donors (Lipinski definition) is 1. The van der Waals surface area contributed by atoms with Gasteiger partial charge in [-0.15, -0.1) is 0 Å². The fraction of sp³-hybridized carbons (Fsp3) is 0.200. The third-order valence-electron chi connectivity index (χ3n) is 11.4. The van der Waals surface area contributed by atoms with Gasteiger partial charge in [-0.1, -0.05) is 136 Å². The molecule has 0 fully saturated rings. The van der Waals surface area contributed by atoms with Crippen LogP contribution in [0.25, 0.3) is 0 Å². The molecule has 0 amide bonds. The molecule has 4 aliphatic rings. The van der Waals surface area contributed by atoms with Gasteiger partial charge in [-0.25, -0.2) is 0 Å². The molecule has 3 heterocycles. The lowest BCUT2D eigenvalue weighted by Crippen LogP contribution is -2.82. The monoisotopic (exact) mass is 647 g/mol. The van der Waals surface area contributed by atoms with E-state index in [0.29, 0.717) is 5.75 Å². The number of phenolic OH excluding ortho intramolecular Hbond substituents is 1. The quantitative estimate of drug-likeness (QED) is 0.250. The van der Waals surface area contributed by atoms with E-state index in [1.807, 2.05) is 17.8 Å². The predicted molar refractivity (Wildman–Crippen MR) is 203 cm³/mol. The third kappa shape index (κ3) is 3.90. The van der Waals surface area contributed by atoms with Crippen molar-refractivity contribution in [2.24, 2.45) is 0 Å². The molecule has 1 atom stereocenters. The molecule has 1 aliphatic carbocycles. The highest BCUT2D eigenvalue weighted by molar-refractivity contribution is 8.00. The average Bonchev–Trinajstić information content (AvgIpc) is 3.06. The minimum atomic E-state index is -2.33. The minimum Gasteiger partial charge on any atom is -0.508 e. The van der Waals surface area contributed by atoms with Gasteiger partial charge in [0.25, 0.3) is 0 Å². The molecule has 0 saturated heterocycles. The molecule has 46 heavy (non-hydrogen) atoms. The smallest absolute Gasteiger partial charge is 0.244 e. The summed E-state index contributed by atoms with van der Waals surface area (Å²) in [6, 6.07) is 38.7. The summed E-state index contributed by atoms with van der Waals surface area (Å²) in [6.45, 7) is 10.0. The Morgan fingerprint density at radius 3 is 2.35 bits per heavy atom. The molecule has 226 valence electrons. The van der Waals surface area contributed by atoms with Crippen molar-refractivity contribution >= 4 is 83.1 Å². The SMILES string of the molecule is Cc1cc2c3c(c1)[Si](C)(c1ccccc1)c1ccc(O)cc1B3c1ccc(N3C4=C(CCCC4)[Si](C)(C)c4ccccc43)cc1S2. The van der Waals surface area contributed by atoms with Gasteiger partial charge in [-0.3, -0.25) is 0 Å². The number of nitrogens with zero attached hydrogens (tertiary/aromatic N) is 1. The molecule has 6 heteroatoms. The molecule has 5 aromatic rings. The van der Waals surface area contributed by atoms with Gasteiger partial charge in [0.2, 0.25) is 6.71 Å². The van der Waals surface area contributed by atoms with E-state index in [2.05, 4.69) is 129 Å². The van der Waals surface area contributed by atoms with Crippen LogP contribution in [0.4, 0.5) is 11.4 Å². The summed E-state index contributed by atoms with van der Waals surface area (Å²) in [4.78, 5) is 5.34. The van der Waals surface area contributed by atoms with Crippen LogP contribution in [0, 0.1) is 6.92 Å². The van der Waals surface area contributed by atoms with Crippen LogP contribution in [0.3, 0.4) is 0 Å². The Morgan fingerprint density at radius 1 is 0.717 bits per heavy atom. The van der Waals surface area contributed by atoms with Crippen LogP contribution < -0.4 is 42.0 Å². The maximum Gasteiger partial charge on any atom is 0.244 e. The zero-order valence-electron chi connectivity index (χ0n) is 27.0. The molecule has 3 aliphatic heterocycles. The summed E-state index contributed by atoms with van der Waals surface area (Å²) >= 11 is 1.95. The van der Waals surface area contributed by atoms with Gasteiger partial charge in [-0.05, 0) is 79.4 Å². The van der Waals surface area contributed by atoms with Crippen molar-refractivity contribution in [1.29, 1.82) is 0 Å². The fourth-order valence-corrected chi connectivity index (χ4v) is 18.4. The molecule has 0 aromatic heterocycles. The molecule has 9 rings (SSSR count). The highest BCUT2D eigenvalue weighted by Gasteiger charge is 2.49. The van der Waals surface area contributed by atoms with Crippen LogP contribution >= 0.6 is 11.8 Å². The second-order valence-corrected chi connectivity index (χ2v) is 23.7. The summed E-state index contributed by atoms with van der Waals surface area (Å²) in [7, 11) is -4.05. The number of rotatable bonds is 2. The van der Waals surface area contributed by atoms with E-state index in [1.54, 1.807) is 16.1 Å². The number of benzene rings is 5. The summed E-state index contributed by atoms with van der Waals surface area (Å²) in [5.74, 6) is 0.352. The molecular formula is C40H38BNOSSi2. The number of phenols is 1. The number of fused-ring (bicyclic) bond motifs is 5. The van der Waals surface area contributed by atoms with E-state index in [1.165, 1.54) is 77.9 Å². The molecular weight excluding hydrogens is 609 g/mol. The number of para-hydroxylation sites is 1. The molecule has 5 aromatic carbocycles. The second-order valence-electron chi connectivity index (χ2n) is 14.4. The van der Waals surface area contributed by atoms with Crippen molar-refractivity contribution < 1.29 is 5.11 Å². The lowest BCUT2D eigenvalue weighted by molar-refractivity contribution is 0.476. The summed E-state index contributed by atoms with van der Waals surface area (Å²) in [6.07, 6.45) is 4.97. The Balaban J connectivity index is 1.27. The van der Waals surface area contributed by atoms with E-state index in [4.69, 9.17) is 0 Å². The first-order valence-corrected chi connectivity index (χ1v) is 23.1. The molecule has 0 saturated carbocycles. The molecule has 1 unspecified atom stereocenters. The predicted octanol–water partition coefficient (Wildman–Crippen LogP) is 5.53. The Bertz CT molecular complexity index is 2130. The Labute approximate surface area is 279 Å². The van der Waals surface area contributed by atoms with Crippen molar-refractivity contribution in [1.82, 2.24) is 0 Å². The van der Waals surface area contributed by atoms with Crippen molar-refractivity contribution in [3.05, 3.63) is 120 Å². The van der Waals surface area contributed by atoms with E-state index in [9.17, 15) is 5.11 Å². The molecule has 0 radical (unpaired) electrons. The summed E-state index contributed by atoms with van der Waals surface area (Å²) < 4.78 is 0. The molecule has 1 N–H and O–H groups in total. The number of aryl methyl sites for hydroxylation is 1. The lowest BCUT2D eigenvalue weighted by atomic mass is 9.36.